The Hall–Kier alpha value is -0.743. The predicted octanol–water partition coefficient (Wildman–Crippen LogP) is 5.73. The molecule has 0 saturated carbocycles. The molecule has 0 heterocycles. The number of rotatable bonds is 4. The minimum Gasteiger partial charge on any atom is -0.0771 e. The molecule has 106 valence electrons. The van der Waals surface area contributed by atoms with E-state index in [0.29, 0.717) is 5.92 Å². The van der Waals surface area contributed by atoms with Crippen LogP contribution in [0.25, 0.3) is 0 Å². The number of hydrogen-bond acceptors (Lipinski definition) is 0. The van der Waals surface area contributed by atoms with Crippen LogP contribution in [0.2, 0.25) is 19.6 Å². The Morgan fingerprint density at radius 3 is 2.74 bits per heavy atom. The van der Waals surface area contributed by atoms with Crippen molar-refractivity contribution in [2.75, 3.05) is 0 Å². The van der Waals surface area contributed by atoms with Crippen molar-refractivity contribution in [3.8, 4) is 11.8 Å². The molecule has 1 atom stereocenters. The van der Waals surface area contributed by atoms with Gasteiger partial charge in [-0.05, 0) is 36.8 Å². The Morgan fingerprint density at radius 1 is 1.42 bits per heavy atom. The van der Waals surface area contributed by atoms with Gasteiger partial charge in [-0.2, -0.15) is 0 Å². The van der Waals surface area contributed by atoms with Crippen molar-refractivity contribution in [3.05, 3.63) is 22.9 Å². The largest absolute Gasteiger partial charge is 0.0880 e. The first-order valence-electron chi connectivity index (χ1n) is 7.88. The van der Waals surface area contributed by atoms with Gasteiger partial charge in [-0.1, -0.05) is 70.3 Å². The minimum absolute atomic E-state index is 0.666. The zero-order valence-corrected chi connectivity index (χ0v) is 14.5. The SMILES string of the molecule is CCCC/C=C(/C#CC1=CCCCC1C)[Si](C)(C)C. The van der Waals surface area contributed by atoms with E-state index in [0.717, 1.165) is 0 Å². The molecular formula is C18H30Si. The molecule has 1 unspecified atom stereocenters. The molecule has 19 heavy (non-hydrogen) atoms. The molecule has 0 saturated heterocycles. The zero-order chi connectivity index (χ0) is 14.3. The van der Waals surface area contributed by atoms with Gasteiger partial charge in [-0.3, -0.25) is 0 Å². The van der Waals surface area contributed by atoms with Gasteiger partial charge in [0.1, 0.15) is 0 Å². The van der Waals surface area contributed by atoms with E-state index >= 15 is 0 Å². The Labute approximate surface area is 121 Å². The summed E-state index contributed by atoms with van der Waals surface area (Å²) in [4.78, 5) is 0. The topological polar surface area (TPSA) is 0 Å². The van der Waals surface area contributed by atoms with Crippen molar-refractivity contribution < 1.29 is 0 Å². The fourth-order valence-corrected chi connectivity index (χ4v) is 3.54. The van der Waals surface area contributed by atoms with Crippen molar-refractivity contribution in [1.82, 2.24) is 0 Å². The van der Waals surface area contributed by atoms with Crippen LogP contribution in [0.15, 0.2) is 22.9 Å². The van der Waals surface area contributed by atoms with E-state index in [9.17, 15) is 0 Å². The van der Waals surface area contributed by atoms with Crippen LogP contribution in [0.5, 0.6) is 0 Å². The van der Waals surface area contributed by atoms with Gasteiger partial charge < -0.3 is 0 Å². The predicted molar refractivity (Wildman–Crippen MR) is 89.8 cm³/mol. The third kappa shape index (κ3) is 5.83. The lowest BCUT2D eigenvalue weighted by molar-refractivity contribution is 0.566. The lowest BCUT2D eigenvalue weighted by Crippen LogP contribution is -2.23. The fraction of sp³-hybridized carbons (Fsp3) is 0.667. The second kappa shape index (κ2) is 7.75. The van der Waals surface area contributed by atoms with Gasteiger partial charge in [0.05, 0.1) is 8.07 Å². The van der Waals surface area contributed by atoms with Crippen molar-refractivity contribution in [1.29, 1.82) is 0 Å². The first-order chi connectivity index (χ1) is 8.95. The van der Waals surface area contributed by atoms with E-state index in [1.807, 2.05) is 0 Å². The summed E-state index contributed by atoms with van der Waals surface area (Å²) in [6.45, 7) is 11.8. The molecule has 1 aliphatic carbocycles. The molecule has 1 heteroatoms. The normalized spacial score (nSPS) is 20.6. The van der Waals surface area contributed by atoms with E-state index in [1.165, 1.54) is 49.3 Å². The summed E-state index contributed by atoms with van der Waals surface area (Å²) in [5.74, 6) is 7.67. The summed E-state index contributed by atoms with van der Waals surface area (Å²) >= 11 is 0. The molecule has 0 bridgehead atoms. The van der Waals surface area contributed by atoms with Crippen LogP contribution in [-0.2, 0) is 0 Å². The molecule has 0 spiro atoms. The highest BCUT2D eigenvalue weighted by Crippen LogP contribution is 2.24. The maximum Gasteiger partial charge on any atom is 0.0880 e. The monoisotopic (exact) mass is 274 g/mol. The molecule has 0 aromatic rings. The third-order valence-electron chi connectivity index (χ3n) is 3.79. The summed E-state index contributed by atoms with van der Waals surface area (Å²) in [7, 11) is -1.28. The minimum atomic E-state index is -1.28. The summed E-state index contributed by atoms with van der Waals surface area (Å²) < 4.78 is 0. The summed E-state index contributed by atoms with van der Waals surface area (Å²) in [5, 5.41) is 1.44. The van der Waals surface area contributed by atoms with Gasteiger partial charge in [0.15, 0.2) is 0 Å². The third-order valence-corrected chi connectivity index (χ3v) is 5.74. The van der Waals surface area contributed by atoms with Crippen LogP contribution in [0, 0.1) is 17.8 Å². The Bertz CT molecular complexity index is 396. The van der Waals surface area contributed by atoms with Crippen LogP contribution >= 0.6 is 0 Å². The molecule has 0 N–H and O–H groups in total. The Morgan fingerprint density at radius 2 is 2.16 bits per heavy atom. The lowest BCUT2D eigenvalue weighted by atomic mass is 9.90. The van der Waals surface area contributed by atoms with Crippen molar-refractivity contribution >= 4 is 8.07 Å². The van der Waals surface area contributed by atoms with Crippen LogP contribution in [-0.4, -0.2) is 8.07 Å². The maximum absolute atomic E-state index is 3.52. The van der Waals surface area contributed by atoms with Crippen LogP contribution in [0.1, 0.15) is 52.4 Å². The van der Waals surface area contributed by atoms with Gasteiger partial charge in [0.25, 0.3) is 0 Å². The molecule has 0 fully saturated rings. The first kappa shape index (κ1) is 16.3. The lowest BCUT2D eigenvalue weighted by Gasteiger charge is -2.18. The van der Waals surface area contributed by atoms with E-state index in [4.69, 9.17) is 0 Å². The average Bonchev–Trinajstić information content (AvgIpc) is 2.34. The highest BCUT2D eigenvalue weighted by molar-refractivity contribution is 6.84. The second-order valence-electron chi connectivity index (χ2n) is 6.75. The fourth-order valence-electron chi connectivity index (χ4n) is 2.35. The standard InChI is InChI=1S/C18H30Si/c1-6-7-8-13-18(19(3,4)5)15-14-17-12-10-9-11-16(17)2/h12-13,16H,6-11H2,1-5H3/b18-13-. The molecule has 0 nitrogen and oxygen atoms in total. The summed E-state index contributed by atoms with van der Waals surface area (Å²) in [5.41, 5.74) is 1.38. The number of allylic oxidation sites excluding steroid dienone is 4. The second-order valence-corrected chi connectivity index (χ2v) is 11.8. The van der Waals surface area contributed by atoms with E-state index in [1.54, 1.807) is 0 Å². The van der Waals surface area contributed by atoms with Crippen molar-refractivity contribution in [2.24, 2.45) is 5.92 Å². The van der Waals surface area contributed by atoms with Gasteiger partial charge in [-0.15, -0.1) is 0 Å². The van der Waals surface area contributed by atoms with E-state index in [-0.39, 0.29) is 0 Å². The quantitative estimate of drug-likeness (QED) is 0.349. The van der Waals surface area contributed by atoms with E-state index in [2.05, 4.69) is 57.5 Å². The summed E-state index contributed by atoms with van der Waals surface area (Å²) in [6, 6.07) is 0. The van der Waals surface area contributed by atoms with Crippen LogP contribution in [0.3, 0.4) is 0 Å². The van der Waals surface area contributed by atoms with Gasteiger partial charge >= 0.3 is 0 Å². The highest BCUT2D eigenvalue weighted by Gasteiger charge is 2.18. The molecule has 1 rings (SSSR count). The Kier molecular flexibility index (Phi) is 6.65. The van der Waals surface area contributed by atoms with Crippen molar-refractivity contribution in [3.63, 3.8) is 0 Å². The van der Waals surface area contributed by atoms with Gasteiger partial charge in [0, 0.05) is 5.57 Å². The molecule has 0 amide bonds. The van der Waals surface area contributed by atoms with Crippen LogP contribution < -0.4 is 0 Å². The van der Waals surface area contributed by atoms with Crippen LogP contribution in [0.4, 0.5) is 0 Å². The summed E-state index contributed by atoms with van der Waals surface area (Å²) in [6.07, 6.45) is 12.4. The number of unbranched alkanes of at least 4 members (excludes halogenated alkanes) is 2. The smallest absolute Gasteiger partial charge is 0.0771 e. The first-order valence-corrected chi connectivity index (χ1v) is 11.4. The highest BCUT2D eigenvalue weighted by atomic mass is 28.3. The Balaban J connectivity index is 2.84. The molecule has 0 aromatic carbocycles. The maximum atomic E-state index is 3.52. The molecule has 0 aliphatic heterocycles. The zero-order valence-electron chi connectivity index (χ0n) is 13.5. The van der Waals surface area contributed by atoms with Gasteiger partial charge in [-0.25, -0.2) is 0 Å². The average molecular weight is 275 g/mol. The van der Waals surface area contributed by atoms with Crippen molar-refractivity contribution in [2.45, 2.75) is 72.0 Å². The molecule has 0 radical (unpaired) electrons. The molecule has 0 aromatic heterocycles. The van der Waals surface area contributed by atoms with Gasteiger partial charge in [0.2, 0.25) is 0 Å². The molecule has 1 aliphatic rings. The molecular weight excluding hydrogens is 244 g/mol. The number of hydrogen-bond donors (Lipinski definition) is 0. The van der Waals surface area contributed by atoms with E-state index < -0.39 is 8.07 Å².